The Balaban J connectivity index is 1.89. The smallest absolute Gasteiger partial charge is 0.0583 e. The van der Waals surface area contributed by atoms with Gasteiger partial charge in [-0.25, -0.2) is 0 Å². The van der Waals surface area contributed by atoms with Crippen molar-refractivity contribution >= 4 is 0 Å². The quantitative estimate of drug-likeness (QED) is 0.655. The number of rotatable bonds is 2. The third kappa shape index (κ3) is 2.50. The lowest BCUT2D eigenvalue weighted by atomic mass is 9.67. The number of hydrogen-bond donors (Lipinski definition) is 0. The lowest BCUT2D eigenvalue weighted by molar-refractivity contribution is -0.0532. The Kier molecular flexibility index (Phi) is 3.16. The van der Waals surface area contributed by atoms with Crippen molar-refractivity contribution in [2.45, 2.75) is 65.1 Å². The molecule has 0 saturated heterocycles. The van der Waals surface area contributed by atoms with E-state index < -0.39 is 0 Å². The molecule has 0 amide bonds. The fourth-order valence-corrected chi connectivity index (χ4v) is 3.62. The van der Waals surface area contributed by atoms with Crippen molar-refractivity contribution in [1.29, 1.82) is 0 Å². The Hall–Kier alpha value is -0.0400. The second-order valence-electron chi connectivity index (χ2n) is 5.82. The Morgan fingerprint density at radius 2 is 1.50 bits per heavy atom. The van der Waals surface area contributed by atoms with Gasteiger partial charge in [0.1, 0.15) is 0 Å². The molecule has 2 aliphatic rings. The Morgan fingerprint density at radius 3 is 2.00 bits per heavy atom. The Morgan fingerprint density at radius 1 is 0.929 bits per heavy atom. The van der Waals surface area contributed by atoms with Gasteiger partial charge in [-0.3, -0.25) is 0 Å². The highest BCUT2D eigenvalue weighted by Crippen LogP contribution is 2.43. The highest BCUT2D eigenvalue weighted by atomic mass is 16.5. The summed E-state index contributed by atoms with van der Waals surface area (Å²) in [5, 5.41) is 0. The van der Waals surface area contributed by atoms with Gasteiger partial charge in [-0.15, -0.1) is 0 Å². The van der Waals surface area contributed by atoms with Crippen molar-refractivity contribution in [1.82, 2.24) is 0 Å². The van der Waals surface area contributed by atoms with Crippen LogP contribution in [0.5, 0.6) is 0 Å². The molecule has 2 atom stereocenters. The van der Waals surface area contributed by atoms with Gasteiger partial charge in [0.05, 0.1) is 12.2 Å². The van der Waals surface area contributed by atoms with Gasteiger partial charge < -0.3 is 4.74 Å². The van der Waals surface area contributed by atoms with Crippen LogP contribution in [0.4, 0.5) is 0 Å². The molecule has 82 valence electrons. The van der Waals surface area contributed by atoms with Gasteiger partial charge in [0, 0.05) is 0 Å². The van der Waals surface area contributed by atoms with Crippen molar-refractivity contribution in [2.75, 3.05) is 0 Å². The van der Waals surface area contributed by atoms with E-state index in [1.807, 2.05) is 0 Å². The third-order valence-electron chi connectivity index (χ3n) is 3.80. The van der Waals surface area contributed by atoms with Crippen LogP contribution >= 0.6 is 0 Å². The Labute approximate surface area is 88.2 Å². The lowest BCUT2D eigenvalue weighted by Gasteiger charge is -2.42. The summed E-state index contributed by atoms with van der Waals surface area (Å²) >= 11 is 0. The molecule has 0 N–H and O–H groups in total. The highest BCUT2D eigenvalue weighted by Gasteiger charge is 2.35. The molecular formula is C13H24O. The van der Waals surface area contributed by atoms with E-state index in [1.54, 1.807) is 0 Å². The average molecular weight is 196 g/mol. The van der Waals surface area contributed by atoms with Gasteiger partial charge in [-0.1, -0.05) is 6.92 Å². The van der Waals surface area contributed by atoms with Gasteiger partial charge in [0.25, 0.3) is 0 Å². The fraction of sp³-hybridized carbons (Fsp3) is 1.00. The third-order valence-corrected chi connectivity index (χ3v) is 3.80. The summed E-state index contributed by atoms with van der Waals surface area (Å²) in [6.07, 6.45) is 8.05. The Bertz CT molecular complexity index is 170. The molecular weight excluding hydrogens is 172 g/mol. The summed E-state index contributed by atoms with van der Waals surface area (Å²) in [7, 11) is 0. The van der Waals surface area contributed by atoms with Gasteiger partial charge in [-0.05, 0) is 63.7 Å². The van der Waals surface area contributed by atoms with E-state index in [0.29, 0.717) is 12.2 Å². The molecule has 2 aliphatic carbocycles. The molecule has 2 bridgehead atoms. The van der Waals surface area contributed by atoms with E-state index in [1.165, 1.54) is 32.1 Å². The maximum absolute atomic E-state index is 5.96. The van der Waals surface area contributed by atoms with Crippen LogP contribution in [0.25, 0.3) is 0 Å². The molecule has 2 saturated carbocycles. The first kappa shape index (κ1) is 10.5. The highest BCUT2D eigenvalue weighted by molar-refractivity contribution is 4.86. The monoisotopic (exact) mass is 196 g/mol. The minimum Gasteiger partial charge on any atom is -0.376 e. The molecule has 0 aliphatic heterocycles. The summed E-state index contributed by atoms with van der Waals surface area (Å²) in [5.74, 6) is 2.92. The molecule has 0 aromatic rings. The zero-order chi connectivity index (χ0) is 10.1. The van der Waals surface area contributed by atoms with Gasteiger partial charge >= 0.3 is 0 Å². The zero-order valence-electron chi connectivity index (χ0n) is 9.83. The topological polar surface area (TPSA) is 9.23 Å². The van der Waals surface area contributed by atoms with Crippen molar-refractivity contribution in [3.05, 3.63) is 0 Å². The fourth-order valence-electron chi connectivity index (χ4n) is 3.62. The SMILES string of the molecule is CC1CC2CC(C1)CC(OC(C)C)C2. The zero-order valence-corrected chi connectivity index (χ0v) is 9.83. The normalized spacial score (nSPS) is 42.9. The minimum atomic E-state index is 0.413. The summed E-state index contributed by atoms with van der Waals surface area (Å²) in [6.45, 7) is 6.74. The first-order valence-corrected chi connectivity index (χ1v) is 6.29. The second kappa shape index (κ2) is 4.22. The maximum atomic E-state index is 5.96. The van der Waals surface area contributed by atoms with E-state index in [-0.39, 0.29) is 0 Å². The van der Waals surface area contributed by atoms with Crippen molar-refractivity contribution in [3.63, 3.8) is 0 Å². The first-order chi connectivity index (χ1) is 6.63. The van der Waals surface area contributed by atoms with Crippen LogP contribution in [0.2, 0.25) is 0 Å². The number of hydrogen-bond acceptors (Lipinski definition) is 1. The van der Waals surface area contributed by atoms with Crippen LogP contribution in [0.1, 0.15) is 52.9 Å². The molecule has 2 fully saturated rings. The second-order valence-corrected chi connectivity index (χ2v) is 5.82. The van der Waals surface area contributed by atoms with E-state index in [9.17, 15) is 0 Å². The summed E-state index contributed by atoms with van der Waals surface area (Å²) in [4.78, 5) is 0. The standard InChI is InChI=1S/C13H24O/c1-9(2)14-13-7-11-4-10(3)5-12(6-11)8-13/h9-13H,4-8H2,1-3H3. The lowest BCUT2D eigenvalue weighted by Crippen LogP contribution is -2.35. The molecule has 1 heteroatoms. The first-order valence-electron chi connectivity index (χ1n) is 6.29. The number of ether oxygens (including phenoxy) is 1. The van der Waals surface area contributed by atoms with E-state index in [4.69, 9.17) is 4.74 Å². The van der Waals surface area contributed by atoms with Crippen LogP contribution < -0.4 is 0 Å². The molecule has 14 heavy (non-hydrogen) atoms. The summed E-state index contributed by atoms with van der Waals surface area (Å²) < 4.78 is 5.96. The van der Waals surface area contributed by atoms with Gasteiger partial charge in [-0.2, -0.15) is 0 Å². The molecule has 0 aromatic heterocycles. The summed E-state index contributed by atoms with van der Waals surface area (Å²) in [5.41, 5.74) is 0. The molecule has 0 spiro atoms. The van der Waals surface area contributed by atoms with Gasteiger partial charge in [0.2, 0.25) is 0 Å². The van der Waals surface area contributed by atoms with E-state index in [2.05, 4.69) is 20.8 Å². The molecule has 0 radical (unpaired) electrons. The molecule has 2 unspecified atom stereocenters. The van der Waals surface area contributed by atoms with Crippen LogP contribution in [0.3, 0.4) is 0 Å². The average Bonchev–Trinajstić information content (AvgIpc) is 1.99. The molecule has 1 nitrogen and oxygen atoms in total. The predicted molar refractivity (Wildman–Crippen MR) is 59.2 cm³/mol. The molecule has 2 rings (SSSR count). The van der Waals surface area contributed by atoms with Crippen LogP contribution in [-0.2, 0) is 4.74 Å². The molecule has 0 heterocycles. The maximum Gasteiger partial charge on any atom is 0.0583 e. The van der Waals surface area contributed by atoms with Crippen LogP contribution in [0, 0.1) is 17.8 Å². The van der Waals surface area contributed by atoms with Crippen LogP contribution in [0.15, 0.2) is 0 Å². The predicted octanol–water partition coefficient (Wildman–Crippen LogP) is 3.63. The molecule has 0 aromatic carbocycles. The number of fused-ring (bicyclic) bond motifs is 2. The van der Waals surface area contributed by atoms with Gasteiger partial charge in [0.15, 0.2) is 0 Å². The largest absolute Gasteiger partial charge is 0.376 e. The minimum absolute atomic E-state index is 0.413. The van der Waals surface area contributed by atoms with Crippen molar-refractivity contribution in [2.24, 2.45) is 17.8 Å². The van der Waals surface area contributed by atoms with Crippen LogP contribution in [-0.4, -0.2) is 12.2 Å². The van der Waals surface area contributed by atoms with E-state index >= 15 is 0 Å². The van der Waals surface area contributed by atoms with E-state index in [0.717, 1.165) is 17.8 Å². The van der Waals surface area contributed by atoms with Crippen molar-refractivity contribution in [3.8, 4) is 0 Å². The van der Waals surface area contributed by atoms with Crippen molar-refractivity contribution < 1.29 is 4.74 Å². The summed E-state index contributed by atoms with van der Waals surface area (Å²) in [6, 6.07) is 0.